The summed E-state index contributed by atoms with van der Waals surface area (Å²) in [4.78, 5) is 12.0. The summed E-state index contributed by atoms with van der Waals surface area (Å²) in [6, 6.07) is 0. The molecule has 1 unspecified atom stereocenters. The molecule has 3 aliphatic rings. The third-order valence-corrected chi connectivity index (χ3v) is 8.22. The topological polar surface area (TPSA) is 26.3 Å². The Bertz CT molecular complexity index is 490. The fourth-order valence-corrected chi connectivity index (χ4v) is 6.81. The van der Waals surface area contributed by atoms with Crippen molar-refractivity contribution in [3.63, 3.8) is 0 Å². The molecule has 0 aromatic rings. The number of hydrogen-bond acceptors (Lipinski definition) is 3. The predicted octanol–water partition coefficient (Wildman–Crippen LogP) is 6.04. The van der Waals surface area contributed by atoms with E-state index in [1.807, 2.05) is 6.92 Å². The van der Waals surface area contributed by atoms with Gasteiger partial charge < -0.3 is 4.74 Å². The van der Waals surface area contributed by atoms with Crippen molar-refractivity contribution in [3.8, 4) is 0 Å². The Kier molecular flexibility index (Phi) is 5.95. The summed E-state index contributed by atoms with van der Waals surface area (Å²) >= 11 is 4.51. The molecule has 0 N–H and O–H groups in total. The van der Waals surface area contributed by atoms with E-state index in [1.54, 1.807) is 0 Å². The van der Waals surface area contributed by atoms with E-state index in [1.165, 1.54) is 38.5 Å². The van der Waals surface area contributed by atoms with Crippen LogP contribution in [0.15, 0.2) is 0 Å². The molecule has 0 aromatic heterocycles. The summed E-state index contributed by atoms with van der Waals surface area (Å²) in [5.74, 6) is 2.81. The highest BCUT2D eigenvalue weighted by Crippen LogP contribution is 2.61. The molecule has 7 atom stereocenters. The Labute approximate surface area is 160 Å². The number of hydrogen-bond donors (Lipinski definition) is 1. The molecule has 0 bridgehead atoms. The van der Waals surface area contributed by atoms with E-state index in [9.17, 15) is 4.79 Å². The molecule has 3 fully saturated rings. The van der Waals surface area contributed by atoms with Crippen molar-refractivity contribution in [3.05, 3.63) is 0 Å². The van der Waals surface area contributed by atoms with Gasteiger partial charge in [0.1, 0.15) is 5.78 Å². The van der Waals surface area contributed by atoms with Crippen LogP contribution < -0.4 is 0 Å². The van der Waals surface area contributed by atoms with E-state index in [0.717, 1.165) is 37.5 Å². The van der Waals surface area contributed by atoms with E-state index >= 15 is 0 Å². The summed E-state index contributed by atoms with van der Waals surface area (Å²) in [7, 11) is 0. The predicted molar refractivity (Wildman–Crippen MR) is 107 cm³/mol. The monoisotopic (exact) mass is 366 g/mol. The minimum absolute atomic E-state index is 0.0173. The van der Waals surface area contributed by atoms with Gasteiger partial charge in [0.2, 0.25) is 0 Å². The van der Waals surface area contributed by atoms with Gasteiger partial charge in [0.05, 0.1) is 11.5 Å². The van der Waals surface area contributed by atoms with Crippen LogP contribution in [0.25, 0.3) is 0 Å². The summed E-state index contributed by atoms with van der Waals surface area (Å²) in [5.41, 5.74) is 0.724. The molecule has 0 aliphatic heterocycles. The van der Waals surface area contributed by atoms with E-state index in [2.05, 4.69) is 33.4 Å². The number of Topliss-reactive ketones (excluding diaryl/α,β-unsaturated/α-hetero) is 1. The molecule has 0 amide bonds. The van der Waals surface area contributed by atoms with Crippen molar-refractivity contribution in [2.45, 2.75) is 103 Å². The van der Waals surface area contributed by atoms with Gasteiger partial charge in [-0.15, -0.1) is 12.6 Å². The molecule has 3 rings (SSSR count). The second-order valence-electron chi connectivity index (χ2n) is 9.80. The Morgan fingerprint density at radius 2 is 2.00 bits per heavy atom. The average Bonchev–Trinajstić information content (AvgIpc) is 2.54. The van der Waals surface area contributed by atoms with Crippen LogP contribution >= 0.6 is 12.6 Å². The largest absolute Gasteiger partial charge is 0.364 e. The number of thiol groups is 1. The Morgan fingerprint density at radius 1 is 1.24 bits per heavy atom. The van der Waals surface area contributed by atoms with Crippen LogP contribution in [0.4, 0.5) is 0 Å². The van der Waals surface area contributed by atoms with Gasteiger partial charge in [0, 0.05) is 12.8 Å². The zero-order valence-electron chi connectivity index (χ0n) is 16.7. The van der Waals surface area contributed by atoms with Crippen LogP contribution in [0.3, 0.4) is 0 Å². The van der Waals surface area contributed by atoms with Crippen LogP contribution in [0, 0.1) is 28.6 Å². The average molecular weight is 367 g/mol. The molecule has 0 radical (unpaired) electrons. The Hall–Kier alpha value is -0.0200. The number of carbonyl (C=O) groups is 1. The van der Waals surface area contributed by atoms with Gasteiger partial charge in [-0.3, -0.25) is 4.79 Å². The van der Waals surface area contributed by atoms with Crippen molar-refractivity contribution < 1.29 is 9.53 Å². The second-order valence-corrected chi connectivity index (χ2v) is 10.5. The molecule has 25 heavy (non-hydrogen) atoms. The maximum atomic E-state index is 12.0. The summed E-state index contributed by atoms with van der Waals surface area (Å²) in [6.45, 7) is 9.30. The first-order valence-electron chi connectivity index (χ1n) is 10.6. The van der Waals surface area contributed by atoms with Crippen molar-refractivity contribution >= 4 is 18.4 Å². The standard InChI is InChI=1S/C22H38O2S/c1-5-6-20(24-15(2)25)21(3)11-10-19-16(14-21)7-8-17-13-18(23)9-12-22(17,19)4/h15-17,19-20,25H,5-14H2,1-4H3/t15?,16-,17-,19-,20-,21-,22-/m0/s1. The quantitative estimate of drug-likeness (QED) is 0.474. The molecule has 3 aliphatic carbocycles. The first-order chi connectivity index (χ1) is 11.8. The number of ketones is 1. The Balaban J connectivity index is 1.74. The van der Waals surface area contributed by atoms with Crippen LogP contribution in [0.2, 0.25) is 0 Å². The summed E-state index contributed by atoms with van der Waals surface area (Å²) in [5, 5.41) is 0. The molecule has 0 saturated heterocycles. The maximum absolute atomic E-state index is 12.0. The van der Waals surface area contributed by atoms with Crippen LogP contribution in [0.1, 0.15) is 91.9 Å². The first kappa shape index (κ1) is 19.7. The second kappa shape index (κ2) is 7.54. The van der Waals surface area contributed by atoms with Gasteiger partial charge >= 0.3 is 0 Å². The van der Waals surface area contributed by atoms with E-state index < -0.39 is 0 Å². The summed E-state index contributed by atoms with van der Waals surface area (Å²) in [6.07, 6.45) is 12.0. The lowest BCUT2D eigenvalue weighted by molar-refractivity contribution is -0.140. The normalized spacial score (nSPS) is 43.9. The molecule has 144 valence electrons. The molecule has 3 saturated carbocycles. The lowest BCUT2D eigenvalue weighted by atomic mass is 9.47. The minimum Gasteiger partial charge on any atom is -0.364 e. The third-order valence-electron chi connectivity index (χ3n) is 8.10. The van der Waals surface area contributed by atoms with Gasteiger partial charge in [0.15, 0.2) is 0 Å². The highest BCUT2D eigenvalue weighted by molar-refractivity contribution is 7.80. The smallest absolute Gasteiger partial charge is 0.133 e. The molecule has 0 spiro atoms. The molecule has 0 heterocycles. The highest BCUT2D eigenvalue weighted by atomic mass is 32.1. The fraction of sp³-hybridized carbons (Fsp3) is 0.955. The van der Waals surface area contributed by atoms with Gasteiger partial charge in [0.25, 0.3) is 0 Å². The van der Waals surface area contributed by atoms with Crippen molar-refractivity contribution in [2.75, 3.05) is 0 Å². The van der Waals surface area contributed by atoms with Crippen LogP contribution in [-0.2, 0) is 9.53 Å². The molecule has 3 heteroatoms. The Morgan fingerprint density at radius 3 is 2.68 bits per heavy atom. The zero-order chi connectivity index (χ0) is 18.2. The lowest BCUT2D eigenvalue weighted by Gasteiger charge is -2.58. The zero-order valence-corrected chi connectivity index (χ0v) is 17.6. The molecule has 0 aromatic carbocycles. The van der Waals surface area contributed by atoms with Gasteiger partial charge in [-0.1, -0.05) is 27.2 Å². The first-order valence-corrected chi connectivity index (χ1v) is 11.2. The van der Waals surface area contributed by atoms with Crippen LogP contribution in [0.5, 0.6) is 0 Å². The van der Waals surface area contributed by atoms with E-state index in [0.29, 0.717) is 28.6 Å². The minimum atomic E-state index is 0.0173. The van der Waals surface area contributed by atoms with E-state index in [4.69, 9.17) is 4.74 Å². The van der Waals surface area contributed by atoms with Gasteiger partial charge in [-0.05, 0) is 80.5 Å². The fourth-order valence-electron chi connectivity index (χ4n) is 6.67. The summed E-state index contributed by atoms with van der Waals surface area (Å²) < 4.78 is 6.28. The van der Waals surface area contributed by atoms with Gasteiger partial charge in [-0.2, -0.15) is 0 Å². The lowest BCUT2D eigenvalue weighted by Crippen LogP contribution is -2.52. The van der Waals surface area contributed by atoms with Crippen molar-refractivity contribution in [1.29, 1.82) is 0 Å². The highest BCUT2D eigenvalue weighted by Gasteiger charge is 2.54. The SMILES string of the molecule is CCC[C@H](OC(C)S)[C@@]1(C)CC[C@H]2[C@@H](CC[C@H]3CC(=O)CC[C@@]32C)C1. The maximum Gasteiger partial charge on any atom is 0.133 e. The molecule has 2 nitrogen and oxygen atoms in total. The third kappa shape index (κ3) is 3.83. The molecular weight excluding hydrogens is 328 g/mol. The molecular formula is C22H38O2S. The van der Waals surface area contributed by atoms with Crippen molar-refractivity contribution in [1.82, 2.24) is 0 Å². The number of rotatable bonds is 5. The number of carbonyl (C=O) groups excluding carboxylic acids is 1. The number of fused-ring (bicyclic) bond motifs is 3. The van der Waals surface area contributed by atoms with E-state index in [-0.39, 0.29) is 5.44 Å². The number of ether oxygens (including phenoxy) is 1. The van der Waals surface area contributed by atoms with Crippen LogP contribution in [-0.4, -0.2) is 17.3 Å². The van der Waals surface area contributed by atoms with Crippen molar-refractivity contribution in [2.24, 2.45) is 28.6 Å². The van der Waals surface area contributed by atoms with Gasteiger partial charge in [-0.25, -0.2) is 0 Å².